The van der Waals surface area contributed by atoms with Crippen molar-refractivity contribution < 1.29 is 19.0 Å². The van der Waals surface area contributed by atoms with E-state index in [1.165, 1.54) is 5.56 Å². The number of hydrogen-bond donors (Lipinski definition) is 1. The molecule has 0 spiro atoms. The highest BCUT2D eigenvalue weighted by molar-refractivity contribution is 5.66. The van der Waals surface area contributed by atoms with Gasteiger partial charge in [0.1, 0.15) is 18.0 Å². The van der Waals surface area contributed by atoms with Gasteiger partial charge in [0.15, 0.2) is 11.5 Å². The highest BCUT2D eigenvalue weighted by atomic mass is 16.6. The third-order valence-corrected chi connectivity index (χ3v) is 3.89. The zero-order valence-corrected chi connectivity index (χ0v) is 12.4. The molecule has 0 aliphatic carbocycles. The molecule has 1 N–H and O–H groups in total. The van der Waals surface area contributed by atoms with Crippen molar-refractivity contribution in [2.45, 2.75) is 45.4 Å². The van der Waals surface area contributed by atoms with Crippen molar-refractivity contribution in [3.8, 4) is 17.2 Å². The van der Waals surface area contributed by atoms with Crippen molar-refractivity contribution >= 4 is 0 Å². The van der Waals surface area contributed by atoms with Crippen LogP contribution in [0.15, 0.2) is 0 Å². The Balaban J connectivity index is 2.14. The summed E-state index contributed by atoms with van der Waals surface area (Å²) in [5.41, 5.74) is 6.33. The van der Waals surface area contributed by atoms with Crippen LogP contribution in [0.25, 0.3) is 0 Å². The van der Waals surface area contributed by atoms with E-state index in [0.29, 0.717) is 6.54 Å². The molecule has 0 fully saturated rings. The molecule has 3 rings (SSSR count). The smallest absolute Gasteiger partial charge is 0.168 e. The zero-order valence-electron chi connectivity index (χ0n) is 12.4. The maximum Gasteiger partial charge on any atom is 0.168 e. The number of nitrogens with one attached hydrogen (secondary N) is 1. The van der Waals surface area contributed by atoms with E-state index >= 15 is 0 Å². The third kappa shape index (κ3) is 2.01. The van der Waals surface area contributed by atoms with Gasteiger partial charge in [0, 0.05) is 29.5 Å². The molecule has 0 radical (unpaired) electrons. The zero-order chi connectivity index (χ0) is 14.3. The number of rotatable bonds is 4. The van der Waals surface area contributed by atoms with E-state index in [2.05, 4.69) is 19.3 Å². The van der Waals surface area contributed by atoms with Gasteiger partial charge >= 0.3 is 0 Å². The van der Waals surface area contributed by atoms with Gasteiger partial charge < -0.3 is 19.0 Å². The first kappa shape index (κ1) is 13.5. The summed E-state index contributed by atoms with van der Waals surface area (Å²) in [7, 11) is 3.31. The van der Waals surface area contributed by atoms with Crippen molar-refractivity contribution in [2.24, 2.45) is 0 Å². The molecule has 1 aromatic rings. The summed E-state index contributed by atoms with van der Waals surface area (Å²) in [4.78, 5) is 5.00. The van der Waals surface area contributed by atoms with Gasteiger partial charge in [0.25, 0.3) is 0 Å². The summed E-state index contributed by atoms with van der Waals surface area (Å²) in [5, 5.41) is 0. The van der Waals surface area contributed by atoms with Crippen LogP contribution in [-0.4, -0.2) is 26.4 Å². The first-order valence-electron chi connectivity index (χ1n) is 6.99. The fourth-order valence-corrected chi connectivity index (χ4v) is 3.11. The number of methoxy groups -OCH3 is 1. The number of fused-ring (bicyclic) bond motifs is 2. The lowest BCUT2D eigenvalue weighted by atomic mass is 9.97. The van der Waals surface area contributed by atoms with Gasteiger partial charge in [-0.25, -0.2) is 0 Å². The monoisotopic (exact) mass is 279 g/mol. The molecular weight excluding hydrogens is 258 g/mol. The molecule has 0 amide bonds. The molecule has 2 heterocycles. The SMILES string of the molecule is CONCc1c2c(c(OC)c3c1OC(C)C3)OC(C)C2. The first-order valence-corrected chi connectivity index (χ1v) is 6.99. The maximum atomic E-state index is 6.01. The second kappa shape index (κ2) is 5.14. The molecule has 2 aliphatic heterocycles. The number of hydrogen-bond acceptors (Lipinski definition) is 5. The van der Waals surface area contributed by atoms with Crippen LogP contribution in [0.5, 0.6) is 17.2 Å². The lowest BCUT2D eigenvalue weighted by Gasteiger charge is -2.16. The van der Waals surface area contributed by atoms with Crippen LogP contribution >= 0.6 is 0 Å². The molecule has 2 aliphatic rings. The van der Waals surface area contributed by atoms with Gasteiger partial charge in [-0.3, -0.25) is 0 Å². The van der Waals surface area contributed by atoms with E-state index in [1.807, 2.05) is 0 Å². The van der Waals surface area contributed by atoms with Crippen molar-refractivity contribution in [3.63, 3.8) is 0 Å². The molecule has 110 valence electrons. The summed E-state index contributed by atoms with van der Waals surface area (Å²) in [6, 6.07) is 0. The summed E-state index contributed by atoms with van der Waals surface area (Å²) in [6.45, 7) is 4.75. The average molecular weight is 279 g/mol. The summed E-state index contributed by atoms with van der Waals surface area (Å²) in [6.07, 6.45) is 2.06. The van der Waals surface area contributed by atoms with E-state index < -0.39 is 0 Å². The summed E-state index contributed by atoms with van der Waals surface area (Å²) in [5.74, 6) is 2.66. The molecule has 0 saturated carbocycles. The number of hydroxylamine groups is 1. The predicted molar refractivity (Wildman–Crippen MR) is 74.4 cm³/mol. The van der Waals surface area contributed by atoms with E-state index in [9.17, 15) is 0 Å². The van der Waals surface area contributed by atoms with Crippen molar-refractivity contribution in [2.75, 3.05) is 14.2 Å². The normalized spacial score (nSPS) is 23.0. The molecule has 2 atom stereocenters. The van der Waals surface area contributed by atoms with E-state index in [4.69, 9.17) is 19.0 Å². The van der Waals surface area contributed by atoms with Gasteiger partial charge in [0.2, 0.25) is 0 Å². The van der Waals surface area contributed by atoms with E-state index in [0.717, 1.165) is 41.2 Å². The summed E-state index contributed by atoms with van der Waals surface area (Å²) < 4.78 is 17.6. The van der Waals surface area contributed by atoms with Crippen LogP contribution in [0.1, 0.15) is 30.5 Å². The molecule has 0 aromatic heterocycles. The fraction of sp³-hybridized carbons (Fsp3) is 0.600. The first-order chi connectivity index (χ1) is 9.65. The van der Waals surface area contributed by atoms with Crippen LogP contribution in [0.4, 0.5) is 0 Å². The third-order valence-electron chi connectivity index (χ3n) is 3.89. The van der Waals surface area contributed by atoms with Gasteiger partial charge in [-0.15, -0.1) is 0 Å². The van der Waals surface area contributed by atoms with Gasteiger partial charge in [-0.05, 0) is 13.8 Å². The Morgan fingerprint density at radius 3 is 2.35 bits per heavy atom. The largest absolute Gasteiger partial charge is 0.492 e. The van der Waals surface area contributed by atoms with Gasteiger partial charge in [0.05, 0.1) is 20.8 Å². The van der Waals surface area contributed by atoms with Gasteiger partial charge in [-0.2, -0.15) is 5.48 Å². The van der Waals surface area contributed by atoms with Crippen molar-refractivity contribution in [3.05, 3.63) is 16.7 Å². The molecular formula is C15H21NO4. The molecule has 0 saturated heterocycles. The summed E-state index contributed by atoms with van der Waals surface area (Å²) >= 11 is 0. The molecule has 0 bridgehead atoms. The Kier molecular flexibility index (Phi) is 3.48. The van der Waals surface area contributed by atoms with Crippen LogP contribution in [0, 0.1) is 0 Å². The minimum atomic E-state index is 0.167. The molecule has 1 aromatic carbocycles. The van der Waals surface area contributed by atoms with Crippen LogP contribution < -0.4 is 19.7 Å². The van der Waals surface area contributed by atoms with Crippen molar-refractivity contribution in [1.82, 2.24) is 5.48 Å². The molecule has 2 unspecified atom stereocenters. The average Bonchev–Trinajstić information content (AvgIpc) is 2.96. The Hall–Kier alpha value is -1.46. The topological polar surface area (TPSA) is 49.0 Å². The van der Waals surface area contributed by atoms with Crippen LogP contribution in [-0.2, 0) is 24.2 Å². The quantitative estimate of drug-likeness (QED) is 0.854. The highest BCUT2D eigenvalue weighted by Crippen LogP contribution is 2.50. The minimum absolute atomic E-state index is 0.167. The highest BCUT2D eigenvalue weighted by Gasteiger charge is 2.36. The Bertz CT molecular complexity index is 490. The lowest BCUT2D eigenvalue weighted by Crippen LogP contribution is -2.14. The van der Waals surface area contributed by atoms with E-state index in [1.54, 1.807) is 14.2 Å². The van der Waals surface area contributed by atoms with Gasteiger partial charge in [-0.1, -0.05) is 0 Å². The van der Waals surface area contributed by atoms with Crippen LogP contribution in [0.3, 0.4) is 0 Å². The molecule has 5 nitrogen and oxygen atoms in total. The number of benzene rings is 1. The standard InChI is InChI=1S/C15H21NO4/c1-8-5-10-12(7-16-18-4)13-11(6-9(2)19-13)14(17-3)15(10)20-8/h8-9,16H,5-7H2,1-4H3. The maximum absolute atomic E-state index is 6.01. The van der Waals surface area contributed by atoms with Crippen LogP contribution in [0.2, 0.25) is 0 Å². The Morgan fingerprint density at radius 2 is 1.70 bits per heavy atom. The number of ether oxygens (including phenoxy) is 3. The lowest BCUT2D eigenvalue weighted by molar-refractivity contribution is 0.0856. The fourth-order valence-electron chi connectivity index (χ4n) is 3.11. The van der Waals surface area contributed by atoms with Crippen molar-refractivity contribution in [1.29, 1.82) is 0 Å². The minimum Gasteiger partial charge on any atom is -0.492 e. The Labute approximate surface area is 119 Å². The Morgan fingerprint density at radius 1 is 1.05 bits per heavy atom. The molecule has 20 heavy (non-hydrogen) atoms. The van der Waals surface area contributed by atoms with E-state index in [-0.39, 0.29) is 12.2 Å². The second-order valence-electron chi connectivity index (χ2n) is 5.42. The predicted octanol–water partition coefficient (Wildman–Crippen LogP) is 1.99. The molecule has 5 heteroatoms. The second-order valence-corrected chi connectivity index (χ2v) is 5.42.